The highest BCUT2D eigenvalue weighted by Gasteiger charge is 2.30. The Morgan fingerprint density at radius 2 is 2.05 bits per heavy atom. The minimum Gasteiger partial charge on any atom is -0.409 e. The quantitative estimate of drug-likeness (QED) is 0.368. The number of nitrogens with two attached hydrogens (primary N) is 1. The van der Waals surface area contributed by atoms with Crippen LogP contribution in [0.1, 0.15) is 30.0 Å². The fourth-order valence-corrected chi connectivity index (χ4v) is 2.12. The lowest BCUT2D eigenvalue weighted by Crippen LogP contribution is -2.34. The van der Waals surface area contributed by atoms with E-state index in [0.717, 1.165) is 11.1 Å². The van der Waals surface area contributed by atoms with Gasteiger partial charge >= 0.3 is 6.18 Å². The highest BCUT2D eigenvalue weighted by Crippen LogP contribution is 2.20. The average molecular weight is 303 g/mol. The van der Waals surface area contributed by atoms with Crippen LogP contribution in [0.2, 0.25) is 0 Å². The smallest absolute Gasteiger partial charge is 0.401 e. The molecule has 0 aromatic heterocycles. The summed E-state index contributed by atoms with van der Waals surface area (Å²) in [7, 11) is 0. The molecule has 0 spiro atoms. The van der Waals surface area contributed by atoms with Crippen molar-refractivity contribution in [3.63, 3.8) is 0 Å². The molecule has 0 atom stereocenters. The first-order chi connectivity index (χ1) is 9.76. The molecule has 0 saturated carbocycles. The molecule has 0 unspecified atom stereocenters. The molecular weight excluding hydrogens is 283 g/mol. The Morgan fingerprint density at radius 3 is 2.52 bits per heavy atom. The van der Waals surface area contributed by atoms with Crippen LogP contribution in [0, 0.1) is 6.92 Å². The molecule has 0 radical (unpaired) electrons. The van der Waals surface area contributed by atoms with Crippen molar-refractivity contribution in [2.24, 2.45) is 10.9 Å². The normalized spacial score (nSPS) is 13.0. The fourth-order valence-electron chi connectivity index (χ4n) is 2.12. The summed E-state index contributed by atoms with van der Waals surface area (Å²) in [6, 6.07) is 5.04. The summed E-state index contributed by atoms with van der Waals surface area (Å²) < 4.78 is 37.6. The van der Waals surface area contributed by atoms with Crippen LogP contribution >= 0.6 is 0 Å². The first-order valence-corrected chi connectivity index (χ1v) is 6.63. The maximum absolute atomic E-state index is 12.5. The van der Waals surface area contributed by atoms with E-state index >= 15 is 0 Å². The van der Waals surface area contributed by atoms with Crippen LogP contribution in [0.4, 0.5) is 13.2 Å². The third-order valence-electron chi connectivity index (χ3n) is 3.08. The molecule has 1 rings (SSSR count). The lowest BCUT2D eigenvalue weighted by Gasteiger charge is -2.24. The number of oxime groups is 1. The molecule has 4 nitrogen and oxygen atoms in total. The van der Waals surface area contributed by atoms with E-state index in [2.05, 4.69) is 5.16 Å². The number of hydrogen-bond acceptors (Lipinski definition) is 3. The molecule has 0 aliphatic heterocycles. The molecule has 1 aromatic carbocycles. The van der Waals surface area contributed by atoms with Crippen LogP contribution < -0.4 is 5.73 Å². The molecule has 7 heteroatoms. The Morgan fingerprint density at radius 1 is 1.38 bits per heavy atom. The second kappa shape index (κ2) is 7.31. The van der Waals surface area contributed by atoms with Gasteiger partial charge in [-0.2, -0.15) is 13.2 Å². The summed E-state index contributed by atoms with van der Waals surface area (Å²) in [6.45, 7) is 3.30. The zero-order valence-electron chi connectivity index (χ0n) is 12.1. The predicted molar refractivity (Wildman–Crippen MR) is 75.3 cm³/mol. The summed E-state index contributed by atoms with van der Waals surface area (Å²) in [5.41, 5.74) is 7.63. The van der Waals surface area contributed by atoms with Gasteiger partial charge in [-0.25, -0.2) is 0 Å². The zero-order chi connectivity index (χ0) is 16.0. The second-order valence-electron chi connectivity index (χ2n) is 4.95. The topological polar surface area (TPSA) is 61.8 Å². The summed E-state index contributed by atoms with van der Waals surface area (Å²) >= 11 is 0. The van der Waals surface area contributed by atoms with E-state index in [4.69, 9.17) is 10.9 Å². The lowest BCUT2D eigenvalue weighted by molar-refractivity contribution is -0.147. The van der Waals surface area contributed by atoms with Crippen molar-refractivity contribution in [1.29, 1.82) is 0 Å². The van der Waals surface area contributed by atoms with Gasteiger partial charge in [-0.15, -0.1) is 0 Å². The number of hydrogen-bond donors (Lipinski definition) is 2. The van der Waals surface area contributed by atoms with Gasteiger partial charge in [0, 0.05) is 12.1 Å². The summed E-state index contributed by atoms with van der Waals surface area (Å²) in [5, 5.41) is 11.5. The monoisotopic (exact) mass is 303 g/mol. The minimum absolute atomic E-state index is 0.0228. The number of nitrogens with zero attached hydrogens (tertiary/aromatic N) is 2. The van der Waals surface area contributed by atoms with Gasteiger partial charge < -0.3 is 10.9 Å². The van der Waals surface area contributed by atoms with E-state index < -0.39 is 12.7 Å². The van der Waals surface area contributed by atoms with E-state index in [1.54, 1.807) is 25.1 Å². The van der Waals surface area contributed by atoms with E-state index in [-0.39, 0.29) is 12.4 Å². The van der Waals surface area contributed by atoms with Crippen LogP contribution in [0.3, 0.4) is 0 Å². The molecule has 21 heavy (non-hydrogen) atoms. The van der Waals surface area contributed by atoms with Gasteiger partial charge in [-0.3, -0.25) is 4.90 Å². The van der Waals surface area contributed by atoms with E-state index in [0.29, 0.717) is 18.5 Å². The number of aryl methyl sites for hydroxylation is 1. The molecular formula is C14H20F3N3O. The average Bonchev–Trinajstić information content (AvgIpc) is 2.38. The molecule has 0 fully saturated rings. The van der Waals surface area contributed by atoms with Crippen molar-refractivity contribution in [3.05, 3.63) is 34.9 Å². The maximum Gasteiger partial charge on any atom is 0.401 e. The summed E-state index contributed by atoms with van der Waals surface area (Å²) in [5.74, 6) is -0.0228. The molecule has 0 bridgehead atoms. The van der Waals surface area contributed by atoms with Gasteiger partial charge in [0.25, 0.3) is 0 Å². The third kappa shape index (κ3) is 5.63. The van der Waals surface area contributed by atoms with Gasteiger partial charge in [0.2, 0.25) is 0 Å². The second-order valence-corrected chi connectivity index (χ2v) is 4.95. The molecule has 0 aliphatic carbocycles. The van der Waals surface area contributed by atoms with Crippen molar-refractivity contribution in [3.8, 4) is 0 Å². The first-order valence-electron chi connectivity index (χ1n) is 6.63. The first kappa shape index (κ1) is 17.3. The van der Waals surface area contributed by atoms with Crippen LogP contribution in [-0.4, -0.2) is 35.2 Å². The van der Waals surface area contributed by atoms with E-state index in [9.17, 15) is 13.2 Å². The third-order valence-corrected chi connectivity index (χ3v) is 3.08. The fraction of sp³-hybridized carbons (Fsp3) is 0.500. The highest BCUT2D eigenvalue weighted by molar-refractivity contribution is 5.97. The number of rotatable bonds is 6. The number of alkyl halides is 3. The van der Waals surface area contributed by atoms with Crippen molar-refractivity contribution >= 4 is 5.84 Å². The Bertz CT molecular complexity index is 501. The minimum atomic E-state index is -4.21. The van der Waals surface area contributed by atoms with Crippen LogP contribution in [-0.2, 0) is 6.54 Å². The largest absolute Gasteiger partial charge is 0.409 e. The summed E-state index contributed by atoms with van der Waals surface area (Å²) in [6.07, 6.45) is -3.56. The molecule has 0 aliphatic rings. The standard InChI is InChI=1S/C14H20F3N3O/c1-3-6-20(9-14(15,16)17)8-12-5-4-11(7-10(12)2)13(18)19-21/h4-5,7,21H,3,6,8-9H2,1-2H3,(H2,18,19). The predicted octanol–water partition coefficient (Wildman–Crippen LogP) is 2.86. The van der Waals surface area contributed by atoms with Gasteiger partial charge in [-0.05, 0) is 37.1 Å². The van der Waals surface area contributed by atoms with Gasteiger partial charge in [0.1, 0.15) is 0 Å². The summed E-state index contributed by atoms with van der Waals surface area (Å²) in [4.78, 5) is 1.37. The van der Waals surface area contributed by atoms with E-state index in [1.165, 1.54) is 4.90 Å². The zero-order valence-corrected chi connectivity index (χ0v) is 12.1. The molecule has 3 N–H and O–H groups in total. The lowest BCUT2D eigenvalue weighted by atomic mass is 10.0. The van der Waals surface area contributed by atoms with Crippen molar-refractivity contribution in [2.45, 2.75) is 33.0 Å². The highest BCUT2D eigenvalue weighted by atomic mass is 19.4. The molecule has 0 saturated heterocycles. The van der Waals surface area contributed by atoms with Gasteiger partial charge in [0.05, 0.1) is 6.54 Å². The Hall–Kier alpha value is -1.76. The molecule has 0 amide bonds. The molecule has 0 heterocycles. The Labute approximate surface area is 122 Å². The van der Waals surface area contributed by atoms with Crippen molar-refractivity contribution < 1.29 is 18.4 Å². The number of halogens is 3. The Balaban J connectivity index is 2.89. The number of benzene rings is 1. The molecule has 1 aromatic rings. The maximum atomic E-state index is 12.5. The van der Waals surface area contributed by atoms with Crippen LogP contribution in [0.5, 0.6) is 0 Å². The SMILES string of the molecule is CCCN(Cc1ccc(/C(N)=N/O)cc1C)CC(F)(F)F. The van der Waals surface area contributed by atoms with Crippen LogP contribution in [0.15, 0.2) is 23.4 Å². The number of amidine groups is 1. The van der Waals surface area contributed by atoms with Crippen molar-refractivity contribution in [1.82, 2.24) is 4.90 Å². The van der Waals surface area contributed by atoms with Gasteiger partial charge in [0.15, 0.2) is 5.84 Å². The molecule has 118 valence electrons. The van der Waals surface area contributed by atoms with Gasteiger partial charge in [-0.1, -0.05) is 24.2 Å². The Kier molecular flexibility index (Phi) is 6.02. The van der Waals surface area contributed by atoms with Crippen LogP contribution in [0.25, 0.3) is 0 Å². The van der Waals surface area contributed by atoms with E-state index in [1.807, 2.05) is 6.92 Å². The van der Waals surface area contributed by atoms with Crippen molar-refractivity contribution in [2.75, 3.05) is 13.1 Å².